The molecule has 6 nitrogen and oxygen atoms in total. The van der Waals surface area contributed by atoms with Gasteiger partial charge in [0.25, 0.3) is 10.2 Å². The van der Waals surface area contributed by atoms with E-state index in [1.54, 1.807) is 24.3 Å². The van der Waals surface area contributed by atoms with Crippen molar-refractivity contribution in [2.24, 2.45) is 5.73 Å². The van der Waals surface area contributed by atoms with Crippen LogP contribution in [0.25, 0.3) is 0 Å². The minimum atomic E-state index is -3.54. The lowest BCUT2D eigenvalue weighted by Crippen LogP contribution is -2.32. The molecule has 1 aromatic rings. The molecular formula is C10H17N3O3S. The number of hydrogen-bond acceptors (Lipinski definition) is 4. The highest BCUT2D eigenvalue weighted by Crippen LogP contribution is 2.10. The molecule has 0 bridgehead atoms. The van der Waals surface area contributed by atoms with Gasteiger partial charge in [-0.3, -0.25) is 4.72 Å². The van der Waals surface area contributed by atoms with Crippen LogP contribution in [0.4, 0.5) is 5.69 Å². The Morgan fingerprint density at radius 2 is 1.94 bits per heavy atom. The van der Waals surface area contributed by atoms with Crippen LogP contribution in [0, 0.1) is 0 Å². The zero-order valence-electron chi connectivity index (χ0n) is 9.64. The molecule has 0 aromatic heterocycles. The zero-order valence-corrected chi connectivity index (χ0v) is 10.5. The van der Waals surface area contributed by atoms with Crippen molar-refractivity contribution in [3.63, 3.8) is 0 Å². The van der Waals surface area contributed by atoms with Crippen LogP contribution in [-0.2, 0) is 21.5 Å². The van der Waals surface area contributed by atoms with Gasteiger partial charge in [0.15, 0.2) is 0 Å². The number of nitrogens with two attached hydrogens (primary N) is 1. The van der Waals surface area contributed by atoms with Crippen LogP contribution in [0.5, 0.6) is 0 Å². The summed E-state index contributed by atoms with van der Waals surface area (Å²) in [5, 5.41) is 0. The van der Waals surface area contributed by atoms with Gasteiger partial charge in [-0.15, -0.1) is 0 Å². The van der Waals surface area contributed by atoms with E-state index >= 15 is 0 Å². The van der Waals surface area contributed by atoms with Gasteiger partial charge in [-0.1, -0.05) is 12.1 Å². The fourth-order valence-corrected chi connectivity index (χ4v) is 2.05. The van der Waals surface area contributed by atoms with E-state index in [0.29, 0.717) is 18.8 Å². The van der Waals surface area contributed by atoms with Gasteiger partial charge in [-0.25, -0.2) is 0 Å². The molecule has 0 aliphatic heterocycles. The second kappa shape index (κ2) is 6.55. The van der Waals surface area contributed by atoms with E-state index in [9.17, 15) is 8.42 Å². The summed E-state index contributed by atoms with van der Waals surface area (Å²) in [6.07, 6.45) is 0. The van der Waals surface area contributed by atoms with E-state index in [2.05, 4.69) is 9.44 Å². The van der Waals surface area contributed by atoms with Crippen molar-refractivity contribution in [2.45, 2.75) is 6.54 Å². The molecule has 0 heterocycles. The van der Waals surface area contributed by atoms with Gasteiger partial charge in [0, 0.05) is 25.9 Å². The SMILES string of the molecule is COCCNS(=O)(=O)Nc1ccc(CN)cc1. The van der Waals surface area contributed by atoms with Gasteiger partial charge in [-0.05, 0) is 17.7 Å². The Morgan fingerprint density at radius 1 is 1.29 bits per heavy atom. The molecule has 0 radical (unpaired) electrons. The maximum atomic E-state index is 11.5. The third-order valence-electron chi connectivity index (χ3n) is 2.04. The lowest BCUT2D eigenvalue weighted by Gasteiger charge is -2.09. The predicted molar refractivity (Wildman–Crippen MR) is 66.8 cm³/mol. The van der Waals surface area contributed by atoms with Crippen molar-refractivity contribution in [3.05, 3.63) is 29.8 Å². The average molecular weight is 259 g/mol. The molecule has 4 N–H and O–H groups in total. The average Bonchev–Trinajstić information content (AvgIpc) is 2.30. The molecule has 0 aliphatic rings. The van der Waals surface area contributed by atoms with Crippen LogP contribution in [-0.4, -0.2) is 28.7 Å². The minimum absolute atomic E-state index is 0.229. The van der Waals surface area contributed by atoms with Crippen molar-refractivity contribution >= 4 is 15.9 Å². The molecule has 0 saturated carbocycles. The Bertz CT molecular complexity index is 431. The first kappa shape index (κ1) is 13.9. The van der Waals surface area contributed by atoms with Gasteiger partial charge in [0.05, 0.1) is 6.61 Å². The number of anilines is 1. The van der Waals surface area contributed by atoms with E-state index in [0.717, 1.165) is 5.56 Å². The van der Waals surface area contributed by atoms with E-state index in [1.165, 1.54) is 7.11 Å². The number of benzene rings is 1. The highest BCUT2D eigenvalue weighted by molar-refractivity contribution is 7.90. The predicted octanol–water partition coefficient (Wildman–Crippen LogP) is 0.0380. The minimum Gasteiger partial charge on any atom is -0.383 e. The Balaban J connectivity index is 2.56. The first-order valence-electron chi connectivity index (χ1n) is 5.13. The summed E-state index contributed by atoms with van der Waals surface area (Å²) in [6, 6.07) is 6.87. The standard InChI is InChI=1S/C10H17N3O3S/c1-16-7-6-12-17(14,15)13-10-4-2-9(8-11)3-5-10/h2-5,12-13H,6-8,11H2,1H3. The Kier molecular flexibility index (Phi) is 5.36. The van der Waals surface area contributed by atoms with Gasteiger partial charge >= 0.3 is 0 Å². The molecule has 0 saturated heterocycles. The summed E-state index contributed by atoms with van der Waals surface area (Å²) in [5.74, 6) is 0. The summed E-state index contributed by atoms with van der Waals surface area (Å²) < 4.78 is 32.5. The van der Waals surface area contributed by atoms with Crippen molar-refractivity contribution in [1.82, 2.24) is 4.72 Å². The van der Waals surface area contributed by atoms with Gasteiger partial charge in [-0.2, -0.15) is 13.1 Å². The van der Waals surface area contributed by atoms with Gasteiger partial charge in [0.1, 0.15) is 0 Å². The molecule has 0 fully saturated rings. The zero-order chi connectivity index (χ0) is 12.7. The largest absolute Gasteiger partial charge is 0.383 e. The maximum Gasteiger partial charge on any atom is 0.299 e. The number of methoxy groups -OCH3 is 1. The molecule has 1 aromatic carbocycles. The number of ether oxygens (including phenoxy) is 1. The lowest BCUT2D eigenvalue weighted by atomic mass is 10.2. The number of rotatable bonds is 7. The van der Waals surface area contributed by atoms with Crippen LogP contribution in [0.2, 0.25) is 0 Å². The normalized spacial score (nSPS) is 11.4. The Hall–Kier alpha value is -1.15. The molecule has 17 heavy (non-hydrogen) atoms. The van der Waals surface area contributed by atoms with Crippen LogP contribution in [0.15, 0.2) is 24.3 Å². The molecule has 0 unspecified atom stereocenters. The molecule has 0 spiro atoms. The maximum absolute atomic E-state index is 11.5. The highest BCUT2D eigenvalue weighted by Gasteiger charge is 2.08. The van der Waals surface area contributed by atoms with Crippen LogP contribution >= 0.6 is 0 Å². The molecule has 0 atom stereocenters. The fourth-order valence-electron chi connectivity index (χ4n) is 1.18. The first-order chi connectivity index (χ1) is 8.07. The fraction of sp³-hybridized carbons (Fsp3) is 0.400. The van der Waals surface area contributed by atoms with E-state index in [-0.39, 0.29) is 6.54 Å². The summed E-state index contributed by atoms with van der Waals surface area (Å²) in [6.45, 7) is 0.985. The molecule has 96 valence electrons. The summed E-state index contributed by atoms with van der Waals surface area (Å²) >= 11 is 0. The number of hydrogen-bond donors (Lipinski definition) is 3. The van der Waals surface area contributed by atoms with E-state index < -0.39 is 10.2 Å². The third kappa shape index (κ3) is 5.14. The van der Waals surface area contributed by atoms with Crippen LogP contribution in [0.1, 0.15) is 5.56 Å². The summed E-state index contributed by atoms with van der Waals surface area (Å²) in [4.78, 5) is 0. The van der Waals surface area contributed by atoms with Gasteiger partial charge < -0.3 is 10.5 Å². The molecule has 7 heteroatoms. The quantitative estimate of drug-likeness (QED) is 0.603. The monoisotopic (exact) mass is 259 g/mol. The van der Waals surface area contributed by atoms with Crippen molar-refractivity contribution in [2.75, 3.05) is 25.0 Å². The second-order valence-corrected chi connectivity index (χ2v) is 4.89. The molecule has 0 amide bonds. The molecular weight excluding hydrogens is 242 g/mol. The van der Waals surface area contributed by atoms with Gasteiger partial charge in [0.2, 0.25) is 0 Å². The molecule has 0 aliphatic carbocycles. The number of nitrogens with one attached hydrogen (secondary N) is 2. The van der Waals surface area contributed by atoms with E-state index in [1.807, 2.05) is 0 Å². The smallest absolute Gasteiger partial charge is 0.299 e. The first-order valence-corrected chi connectivity index (χ1v) is 6.61. The van der Waals surface area contributed by atoms with Crippen LogP contribution < -0.4 is 15.2 Å². The lowest BCUT2D eigenvalue weighted by molar-refractivity contribution is 0.204. The summed E-state index contributed by atoms with van der Waals surface area (Å²) in [7, 11) is -2.03. The summed E-state index contributed by atoms with van der Waals surface area (Å²) in [5.41, 5.74) is 6.88. The Morgan fingerprint density at radius 3 is 2.47 bits per heavy atom. The van der Waals surface area contributed by atoms with Crippen molar-refractivity contribution in [3.8, 4) is 0 Å². The van der Waals surface area contributed by atoms with Crippen LogP contribution in [0.3, 0.4) is 0 Å². The topological polar surface area (TPSA) is 93.4 Å². The van der Waals surface area contributed by atoms with Crippen molar-refractivity contribution < 1.29 is 13.2 Å². The van der Waals surface area contributed by atoms with Crippen molar-refractivity contribution in [1.29, 1.82) is 0 Å². The molecule has 1 rings (SSSR count). The second-order valence-electron chi connectivity index (χ2n) is 3.39. The highest BCUT2D eigenvalue weighted by atomic mass is 32.2. The van der Waals surface area contributed by atoms with E-state index in [4.69, 9.17) is 10.5 Å². The third-order valence-corrected chi connectivity index (χ3v) is 3.13. The Labute approximate surface area is 101 Å².